The van der Waals surface area contributed by atoms with Gasteiger partial charge in [0.05, 0.1) is 11.1 Å². The van der Waals surface area contributed by atoms with Gasteiger partial charge in [-0.15, -0.1) is 11.3 Å². The maximum absolute atomic E-state index is 9.29. The highest BCUT2D eigenvalue weighted by Crippen LogP contribution is 2.29. The van der Waals surface area contributed by atoms with Crippen molar-refractivity contribution in [3.63, 3.8) is 0 Å². The molecule has 0 radical (unpaired) electrons. The average Bonchev–Trinajstić information content (AvgIpc) is 2.74. The molecule has 0 saturated carbocycles. The summed E-state index contributed by atoms with van der Waals surface area (Å²) in [7, 11) is 0. The van der Waals surface area contributed by atoms with Crippen molar-refractivity contribution in [2.45, 2.75) is 6.04 Å². The number of thiophene rings is 1. The zero-order valence-electron chi connectivity index (χ0n) is 7.85. The molecule has 0 fully saturated rings. The SMILES string of the molecule is N[C@@H](c1ccc(O)c(Cl)c1)c1cccs1. The largest absolute Gasteiger partial charge is 0.506 e. The fourth-order valence-corrected chi connectivity index (χ4v) is 2.29. The Labute approximate surface area is 96.9 Å². The van der Waals surface area contributed by atoms with Crippen molar-refractivity contribution in [2.24, 2.45) is 5.73 Å². The molecule has 0 bridgehead atoms. The Morgan fingerprint density at radius 2 is 2.13 bits per heavy atom. The summed E-state index contributed by atoms with van der Waals surface area (Å²) in [6.45, 7) is 0. The number of rotatable bonds is 2. The second-order valence-electron chi connectivity index (χ2n) is 3.20. The summed E-state index contributed by atoms with van der Waals surface area (Å²) < 4.78 is 0. The first-order valence-corrected chi connectivity index (χ1v) is 5.71. The Balaban J connectivity index is 2.34. The summed E-state index contributed by atoms with van der Waals surface area (Å²) in [6.07, 6.45) is 0. The van der Waals surface area contributed by atoms with E-state index in [4.69, 9.17) is 17.3 Å². The molecule has 4 heteroatoms. The Morgan fingerprint density at radius 1 is 1.33 bits per heavy atom. The number of hydrogen-bond acceptors (Lipinski definition) is 3. The van der Waals surface area contributed by atoms with Gasteiger partial charge in [0.1, 0.15) is 5.75 Å². The third-order valence-electron chi connectivity index (χ3n) is 2.18. The molecule has 0 spiro atoms. The summed E-state index contributed by atoms with van der Waals surface area (Å²) >= 11 is 7.42. The van der Waals surface area contributed by atoms with Gasteiger partial charge < -0.3 is 10.8 Å². The molecule has 0 unspecified atom stereocenters. The fraction of sp³-hybridized carbons (Fsp3) is 0.0909. The van der Waals surface area contributed by atoms with E-state index in [2.05, 4.69) is 0 Å². The molecule has 1 atom stereocenters. The minimum Gasteiger partial charge on any atom is -0.506 e. The van der Waals surface area contributed by atoms with Gasteiger partial charge in [-0.3, -0.25) is 0 Å². The molecule has 2 nitrogen and oxygen atoms in total. The van der Waals surface area contributed by atoms with Gasteiger partial charge >= 0.3 is 0 Å². The van der Waals surface area contributed by atoms with Crippen LogP contribution in [-0.4, -0.2) is 5.11 Å². The zero-order chi connectivity index (χ0) is 10.8. The molecule has 0 saturated heterocycles. The van der Waals surface area contributed by atoms with Crippen LogP contribution >= 0.6 is 22.9 Å². The van der Waals surface area contributed by atoms with Gasteiger partial charge in [-0.05, 0) is 29.1 Å². The molecular weight excluding hydrogens is 230 g/mol. The molecule has 78 valence electrons. The summed E-state index contributed by atoms with van der Waals surface area (Å²) in [5, 5.41) is 11.6. The van der Waals surface area contributed by atoms with Crippen LogP contribution in [0.2, 0.25) is 5.02 Å². The maximum Gasteiger partial charge on any atom is 0.134 e. The first kappa shape index (κ1) is 10.5. The first-order valence-electron chi connectivity index (χ1n) is 4.46. The average molecular weight is 240 g/mol. The van der Waals surface area contributed by atoms with Crippen molar-refractivity contribution in [3.05, 3.63) is 51.2 Å². The van der Waals surface area contributed by atoms with E-state index in [9.17, 15) is 5.11 Å². The molecule has 0 amide bonds. The topological polar surface area (TPSA) is 46.2 Å². The minimum absolute atomic E-state index is 0.0822. The molecule has 1 aromatic carbocycles. The minimum atomic E-state index is -0.178. The van der Waals surface area contributed by atoms with E-state index in [1.165, 1.54) is 0 Å². The lowest BCUT2D eigenvalue weighted by atomic mass is 10.1. The van der Waals surface area contributed by atoms with Crippen LogP contribution in [0.3, 0.4) is 0 Å². The lowest BCUT2D eigenvalue weighted by molar-refractivity contribution is 0.475. The number of phenols is 1. The number of aromatic hydroxyl groups is 1. The second-order valence-corrected chi connectivity index (χ2v) is 4.59. The third-order valence-corrected chi connectivity index (χ3v) is 3.44. The molecule has 2 aromatic rings. The Bertz CT molecular complexity index is 456. The lowest BCUT2D eigenvalue weighted by Gasteiger charge is -2.10. The molecule has 0 aliphatic rings. The van der Waals surface area contributed by atoms with Crippen LogP contribution in [0.15, 0.2) is 35.7 Å². The molecule has 0 aliphatic carbocycles. The standard InChI is InChI=1S/C11H10ClNOS/c12-8-6-7(3-4-9(8)14)11(13)10-2-1-5-15-10/h1-6,11,14H,13H2/t11-/m0/s1. The van der Waals surface area contributed by atoms with E-state index in [-0.39, 0.29) is 11.8 Å². The van der Waals surface area contributed by atoms with Crippen molar-refractivity contribution in [1.29, 1.82) is 0 Å². The van der Waals surface area contributed by atoms with Gasteiger partial charge in [-0.25, -0.2) is 0 Å². The quantitative estimate of drug-likeness (QED) is 0.846. The van der Waals surface area contributed by atoms with Crippen molar-refractivity contribution in [2.75, 3.05) is 0 Å². The summed E-state index contributed by atoms with van der Waals surface area (Å²) in [4.78, 5) is 1.08. The first-order chi connectivity index (χ1) is 7.18. The molecule has 1 aromatic heterocycles. The van der Waals surface area contributed by atoms with Gasteiger partial charge in [-0.1, -0.05) is 23.7 Å². The molecular formula is C11H10ClNOS. The second kappa shape index (κ2) is 4.23. The van der Waals surface area contributed by atoms with Crippen LogP contribution in [0.4, 0.5) is 0 Å². The number of hydrogen-bond donors (Lipinski definition) is 2. The van der Waals surface area contributed by atoms with Gasteiger partial charge in [0, 0.05) is 4.88 Å². The van der Waals surface area contributed by atoms with E-state index < -0.39 is 0 Å². The highest BCUT2D eigenvalue weighted by molar-refractivity contribution is 7.10. The normalized spacial score (nSPS) is 12.7. The molecule has 3 N–H and O–H groups in total. The van der Waals surface area contributed by atoms with Crippen LogP contribution in [0.1, 0.15) is 16.5 Å². The van der Waals surface area contributed by atoms with E-state index in [1.807, 2.05) is 17.5 Å². The number of halogens is 1. The van der Waals surface area contributed by atoms with Crippen molar-refractivity contribution < 1.29 is 5.11 Å². The van der Waals surface area contributed by atoms with Crippen LogP contribution in [-0.2, 0) is 0 Å². The Kier molecular flexibility index (Phi) is 2.95. The van der Waals surface area contributed by atoms with E-state index in [1.54, 1.807) is 29.5 Å². The van der Waals surface area contributed by atoms with Gasteiger partial charge in [0.15, 0.2) is 0 Å². The number of phenolic OH excluding ortho intramolecular Hbond substituents is 1. The van der Waals surface area contributed by atoms with Crippen molar-refractivity contribution in [3.8, 4) is 5.75 Å². The van der Waals surface area contributed by atoms with Gasteiger partial charge in [-0.2, -0.15) is 0 Å². The summed E-state index contributed by atoms with van der Waals surface area (Å²) in [5.41, 5.74) is 6.95. The monoisotopic (exact) mass is 239 g/mol. The number of nitrogens with two attached hydrogens (primary N) is 1. The van der Waals surface area contributed by atoms with Gasteiger partial charge in [0.2, 0.25) is 0 Å². The van der Waals surface area contributed by atoms with E-state index in [0.717, 1.165) is 10.4 Å². The maximum atomic E-state index is 9.29. The Morgan fingerprint density at radius 3 is 2.73 bits per heavy atom. The zero-order valence-corrected chi connectivity index (χ0v) is 9.42. The predicted molar refractivity (Wildman–Crippen MR) is 63.5 cm³/mol. The number of benzene rings is 1. The lowest BCUT2D eigenvalue weighted by Crippen LogP contribution is -2.09. The van der Waals surface area contributed by atoms with E-state index >= 15 is 0 Å². The van der Waals surface area contributed by atoms with E-state index in [0.29, 0.717) is 5.02 Å². The van der Waals surface area contributed by atoms with Crippen molar-refractivity contribution in [1.82, 2.24) is 0 Å². The molecule has 15 heavy (non-hydrogen) atoms. The Hall–Kier alpha value is -1.03. The predicted octanol–water partition coefficient (Wildman–Crippen LogP) is 3.16. The van der Waals surface area contributed by atoms with Crippen LogP contribution in [0.25, 0.3) is 0 Å². The third kappa shape index (κ3) is 2.15. The molecule has 0 aliphatic heterocycles. The fourth-order valence-electron chi connectivity index (χ4n) is 1.35. The van der Waals surface area contributed by atoms with Crippen LogP contribution < -0.4 is 5.73 Å². The molecule has 1 heterocycles. The summed E-state index contributed by atoms with van der Waals surface area (Å²) in [6, 6.07) is 8.80. The van der Waals surface area contributed by atoms with Crippen LogP contribution in [0.5, 0.6) is 5.75 Å². The smallest absolute Gasteiger partial charge is 0.134 e. The molecule has 2 rings (SSSR count). The van der Waals surface area contributed by atoms with Crippen molar-refractivity contribution >= 4 is 22.9 Å². The van der Waals surface area contributed by atoms with Crippen LogP contribution in [0, 0.1) is 0 Å². The van der Waals surface area contributed by atoms with Gasteiger partial charge in [0.25, 0.3) is 0 Å². The highest BCUT2D eigenvalue weighted by atomic mass is 35.5. The highest BCUT2D eigenvalue weighted by Gasteiger charge is 2.11. The summed E-state index contributed by atoms with van der Waals surface area (Å²) in [5.74, 6) is 0.0822.